The van der Waals surface area contributed by atoms with Crippen LogP contribution >= 0.6 is 0 Å². The molecule has 0 atom stereocenters. The molecule has 4 rings (SSSR count). The van der Waals surface area contributed by atoms with E-state index in [0.717, 1.165) is 37.1 Å². The van der Waals surface area contributed by atoms with Gasteiger partial charge in [0.05, 0.1) is 6.04 Å². The van der Waals surface area contributed by atoms with Gasteiger partial charge in [-0.25, -0.2) is 0 Å². The van der Waals surface area contributed by atoms with E-state index in [-0.39, 0.29) is 11.9 Å². The molecule has 2 aromatic rings. The number of hydrogen-bond donors (Lipinski definition) is 1. The molecule has 2 aliphatic rings. The molecule has 4 heteroatoms. The summed E-state index contributed by atoms with van der Waals surface area (Å²) in [5.74, 6) is 0.669. The molecule has 31 heavy (non-hydrogen) atoms. The number of rotatable bonds is 8. The molecule has 2 saturated heterocycles. The van der Waals surface area contributed by atoms with Crippen molar-refractivity contribution in [1.82, 2.24) is 15.1 Å². The van der Waals surface area contributed by atoms with Crippen LogP contribution in [0.15, 0.2) is 60.7 Å². The minimum atomic E-state index is -0.0838. The summed E-state index contributed by atoms with van der Waals surface area (Å²) < 4.78 is 0. The standard InChI is InChI=1S/C27H37N3O/c31-26(28-27(24-10-4-1-5-11-24)25-12-6-2-7-13-25)22-23-14-18-30(19-15-23)21-20-29-16-8-3-9-17-29/h1-2,4-7,10-13,23,27H,3,8-9,14-22H2,(H,28,31). The molecule has 2 aromatic carbocycles. The Balaban J connectivity index is 1.25. The summed E-state index contributed by atoms with van der Waals surface area (Å²) in [5, 5.41) is 3.32. The Morgan fingerprint density at radius 2 is 1.29 bits per heavy atom. The van der Waals surface area contributed by atoms with Gasteiger partial charge in [-0.3, -0.25) is 4.79 Å². The summed E-state index contributed by atoms with van der Waals surface area (Å²) in [4.78, 5) is 18.2. The Bertz CT molecular complexity index is 741. The Kier molecular flexibility index (Phi) is 8.14. The van der Waals surface area contributed by atoms with Crippen molar-refractivity contribution in [1.29, 1.82) is 0 Å². The van der Waals surface area contributed by atoms with Crippen LogP contribution in [0.2, 0.25) is 0 Å². The van der Waals surface area contributed by atoms with E-state index >= 15 is 0 Å². The van der Waals surface area contributed by atoms with Gasteiger partial charge in [-0.1, -0.05) is 67.1 Å². The number of nitrogens with one attached hydrogen (secondary N) is 1. The number of likely N-dealkylation sites (tertiary alicyclic amines) is 2. The molecule has 166 valence electrons. The van der Waals surface area contributed by atoms with E-state index in [9.17, 15) is 4.79 Å². The van der Waals surface area contributed by atoms with Crippen LogP contribution in [0.25, 0.3) is 0 Å². The zero-order valence-corrected chi connectivity index (χ0v) is 18.7. The van der Waals surface area contributed by atoms with Gasteiger partial charge in [-0.15, -0.1) is 0 Å². The summed E-state index contributed by atoms with van der Waals surface area (Å²) in [6.45, 7) is 7.21. The van der Waals surface area contributed by atoms with Crippen molar-refractivity contribution >= 4 is 5.91 Å². The van der Waals surface area contributed by atoms with E-state index in [1.807, 2.05) is 36.4 Å². The first-order valence-corrected chi connectivity index (χ1v) is 12.1. The van der Waals surface area contributed by atoms with Crippen molar-refractivity contribution in [2.45, 2.75) is 44.6 Å². The minimum Gasteiger partial charge on any atom is -0.345 e. The lowest BCUT2D eigenvalue weighted by Crippen LogP contribution is -2.42. The second-order valence-corrected chi connectivity index (χ2v) is 9.21. The van der Waals surface area contributed by atoms with Crippen LogP contribution in [0.4, 0.5) is 0 Å². The number of nitrogens with zero attached hydrogens (tertiary/aromatic N) is 2. The average molecular weight is 420 g/mol. The maximum Gasteiger partial charge on any atom is 0.221 e. The lowest BCUT2D eigenvalue weighted by atomic mass is 9.92. The van der Waals surface area contributed by atoms with Gasteiger partial charge in [0.1, 0.15) is 0 Å². The molecule has 2 heterocycles. The van der Waals surface area contributed by atoms with Crippen LogP contribution in [0.1, 0.15) is 55.7 Å². The van der Waals surface area contributed by atoms with Crippen molar-refractivity contribution in [2.75, 3.05) is 39.3 Å². The second-order valence-electron chi connectivity index (χ2n) is 9.21. The Morgan fingerprint density at radius 1 is 0.774 bits per heavy atom. The monoisotopic (exact) mass is 419 g/mol. The van der Waals surface area contributed by atoms with E-state index in [4.69, 9.17) is 0 Å². The van der Waals surface area contributed by atoms with E-state index in [1.54, 1.807) is 0 Å². The minimum absolute atomic E-state index is 0.0838. The highest BCUT2D eigenvalue weighted by molar-refractivity contribution is 5.77. The maximum absolute atomic E-state index is 13.0. The summed E-state index contributed by atoms with van der Waals surface area (Å²) in [5.41, 5.74) is 2.27. The molecule has 1 amide bonds. The van der Waals surface area contributed by atoms with Crippen LogP contribution in [-0.2, 0) is 4.79 Å². The number of carbonyl (C=O) groups excluding carboxylic acids is 1. The predicted octanol–water partition coefficient (Wildman–Crippen LogP) is 4.48. The molecule has 2 aliphatic heterocycles. The van der Waals surface area contributed by atoms with Gasteiger partial charge in [-0.05, 0) is 68.9 Å². The van der Waals surface area contributed by atoms with Crippen LogP contribution in [-0.4, -0.2) is 55.0 Å². The highest BCUT2D eigenvalue weighted by Gasteiger charge is 2.24. The van der Waals surface area contributed by atoms with Crippen molar-refractivity contribution in [3.8, 4) is 0 Å². The van der Waals surface area contributed by atoms with Crippen molar-refractivity contribution in [2.24, 2.45) is 5.92 Å². The van der Waals surface area contributed by atoms with Crippen LogP contribution < -0.4 is 5.32 Å². The normalized spacial score (nSPS) is 18.9. The smallest absolute Gasteiger partial charge is 0.221 e. The lowest BCUT2D eigenvalue weighted by molar-refractivity contribution is -0.122. The fraction of sp³-hybridized carbons (Fsp3) is 0.519. The summed E-state index contributed by atoms with van der Waals surface area (Å²) in [6.07, 6.45) is 7.04. The van der Waals surface area contributed by atoms with Gasteiger partial charge >= 0.3 is 0 Å². The molecule has 0 radical (unpaired) electrons. The first-order valence-electron chi connectivity index (χ1n) is 12.1. The van der Waals surface area contributed by atoms with E-state index in [1.165, 1.54) is 45.4 Å². The molecule has 0 bridgehead atoms. The van der Waals surface area contributed by atoms with E-state index in [0.29, 0.717) is 12.3 Å². The van der Waals surface area contributed by atoms with Gasteiger partial charge in [0.2, 0.25) is 5.91 Å². The summed E-state index contributed by atoms with van der Waals surface area (Å²) >= 11 is 0. The molecule has 0 aromatic heterocycles. The predicted molar refractivity (Wildman–Crippen MR) is 127 cm³/mol. The van der Waals surface area contributed by atoms with Gasteiger partial charge in [-0.2, -0.15) is 0 Å². The molecule has 2 fully saturated rings. The van der Waals surface area contributed by atoms with Crippen molar-refractivity contribution in [3.63, 3.8) is 0 Å². The number of carbonyl (C=O) groups is 1. The molecule has 0 aliphatic carbocycles. The van der Waals surface area contributed by atoms with E-state index < -0.39 is 0 Å². The molecular weight excluding hydrogens is 382 g/mol. The zero-order valence-electron chi connectivity index (χ0n) is 18.7. The van der Waals surface area contributed by atoms with Crippen LogP contribution in [0.5, 0.6) is 0 Å². The molecule has 0 spiro atoms. The fourth-order valence-electron chi connectivity index (χ4n) is 5.01. The largest absolute Gasteiger partial charge is 0.345 e. The van der Waals surface area contributed by atoms with Gasteiger partial charge in [0, 0.05) is 19.5 Å². The van der Waals surface area contributed by atoms with Crippen molar-refractivity contribution < 1.29 is 4.79 Å². The van der Waals surface area contributed by atoms with Gasteiger partial charge < -0.3 is 15.1 Å². The average Bonchev–Trinajstić information content (AvgIpc) is 2.84. The SMILES string of the molecule is O=C(CC1CCN(CCN2CCCCC2)CC1)NC(c1ccccc1)c1ccccc1. The molecule has 0 saturated carbocycles. The van der Waals surface area contributed by atoms with E-state index in [2.05, 4.69) is 39.4 Å². The lowest BCUT2D eigenvalue weighted by Gasteiger charge is -2.34. The fourth-order valence-corrected chi connectivity index (χ4v) is 5.01. The Hall–Kier alpha value is -2.17. The zero-order chi connectivity index (χ0) is 21.3. The topological polar surface area (TPSA) is 35.6 Å². The first kappa shape index (κ1) is 22.0. The highest BCUT2D eigenvalue weighted by atomic mass is 16.1. The molecule has 0 unspecified atom stereocenters. The third kappa shape index (κ3) is 6.65. The summed E-state index contributed by atoms with van der Waals surface area (Å²) in [6, 6.07) is 20.5. The van der Waals surface area contributed by atoms with Crippen molar-refractivity contribution in [3.05, 3.63) is 71.8 Å². The Morgan fingerprint density at radius 3 is 1.84 bits per heavy atom. The van der Waals surface area contributed by atoms with Gasteiger partial charge in [0.15, 0.2) is 0 Å². The first-order chi connectivity index (χ1) is 15.3. The third-order valence-corrected chi connectivity index (χ3v) is 6.93. The quantitative estimate of drug-likeness (QED) is 0.685. The van der Waals surface area contributed by atoms with Crippen LogP contribution in [0, 0.1) is 5.92 Å². The molecule has 1 N–H and O–H groups in total. The highest BCUT2D eigenvalue weighted by Crippen LogP contribution is 2.24. The van der Waals surface area contributed by atoms with Gasteiger partial charge in [0.25, 0.3) is 0 Å². The number of hydrogen-bond acceptors (Lipinski definition) is 3. The number of benzene rings is 2. The summed E-state index contributed by atoms with van der Waals surface area (Å²) in [7, 11) is 0. The molecular formula is C27H37N3O. The third-order valence-electron chi connectivity index (χ3n) is 6.93. The number of amides is 1. The number of piperidine rings is 2. The Labute approximate surface area is 187 Å². The second kappa shape index (κ2) is 11.4. The maximum atomic E-state index is 13.0. The molecule has 4 nitrogen and oxygen atoms in total. The van der Waals surface area contributed by atoms with Crippen LogP contribution in [0.3, 0.4) is 0 Å².